The molecule has 1 aliphatic rings. The van der Waals surface area contributed by atoms with E-state index < -0.39 is 0 Å². The molecule has 2 rings (SSSR count). The van der Waals surface area contributed by atoms with Gasteiger partial charge in [0.05, 0.1) is 0 Å². The summed E-state index contributed by atoms with van der Waals surface area (Å²) >= 11 is 5.18. The van der Waals surface area contributed by atoms with Crippen LogP contribution in [0, 0.1) is 10.2 Å². The fourth-order valence-electron chi connectivity index (χ4n) is 2.41. The molecule has 3 N–H and O–H groups in total. The average Bonchev–Trinajstić information content (AvgIpc) is 2.57. The topological polar surface area (TPSA) is 59.6 Å². The van der Waals surface area contributed by atoms with Crippen LogP contribution in [-0.4, -0.2) is 14.8 Å². The van der Waals surface area contributed by atoms with Crippen LogP contribution in [0.5, 0.6) is 0 Å². The molecule has 0 bridgehead atoms. The van der Waals surface area contributed by atoms with Crippen molar-refractivity contribution in [2.45, 2.75) is 39.2 Å². The molecule has 1 saturated carbocycles. The first kappa shape index (κ1) is 9.71. The van der Waals surface area contributed by atoms with E-state index in [1.54, 1.807) is 0 Å². The summed E-state index contributed by atoms with van der Waals surface area (Å²) in [6, 6.07) is 0.397. The summed E-state index contributed by atoms with van der Waals surface area (Å²) in [4.78, 5) is 0. The molecule has 0 spiro atoms. The van der Waals surface area contributed by atoms with E-state index in [0.717, 1.165) is 6.42 Å². The van der Waals surface area contributed by atoms with E-state index in [1.165, 1.54) is 12.8 Å². The van der Waals surface area contributed by atoms with Crippen molar-refractivity contribution in [3.63, 3.8) is 0 Å². The number of nitrogens with two attached hydrogens (primary N) is 1. The Morgan fingerprint density at radius 3 is 2.79 bits per heavy atom. The van der Waals surface area contributed by atoms with Crippen molar-refractivity contribution in [2.24, 2.45) is 5.41 Å². The van der Waals surface area contributed by atoms with Crippen molar-refractivity contribution in [1.82, 2.24) is 14.8 Å². The van der Waals surface area contributed by atoms with Crippen LogP contribution < -0.4 is 5.73 Å². The monoisotopic (exact) mass is 212 g/mol. The molecule has 0 saturated heterocycles. The van der Waals surface area contributed by atoms with Crippen LogP contribution in [0.2, 0.25) is 0 Å². The Labute approximate surface area is 88.5 Å². The number of nitrogens with zero attached hydrogens (tertiary/aromatic N) is 2. The number of rotatable bonds is 1. The second-order valence-electron chi connectivity index (χ2n) is 4.65. The van der Waals surface area contributed by atoms with Crippen molar-refractivity contribution in [3.05, 3.63) is 4.77 Å². The summed E-state index contributed by atoms with van der Waals surface area (Å²) < 4.78 is 2.60. The molecule has 0 aromatic carbocycles. The van der Waals surface area contributed by atoms with Crippen LogP contribution in [-0.2, 0) is 0 Å². The Bertz CT molecular complexity index is 390. The van der Waals surface area contributed by atoms with Gasteiger partial charge in [0.15, 0.2) is 4.77 Å². The van der Waals surface area contributed by atoms with Crippen LogP contribution >= 0.6 is 12.2 Å². The SMILES string of the molecule is CC1(C)CCCC1n1c(N)n[nH]c1=S. The Morgan fingerprint density at radius 1 is 1.64 bits per heavy atom. The first-order valence-electron chi connectivity index (χ1n) is 4.95. The van der Waals surface area contributed by atoms with Crippen LogP contribution in [0.1, 0.15) is 39.2 Å². The number of nitrogen functional groups attached to an aromatic ring is 1. The van der Waals surface area contributed by atoms with Gasteiger partial charge in [-0.3, -0.25) is 4.57 Å². The highest BCUT2D eigenvalue weighted by molar-refractivity contribution is 7.71. The Hall–Kier alpha value is -0.840. The third-order valence-corrected chi connectivity index (χ3v) is 3.53. The van der Waals surface area contributed by atoms with Crippen LogP contribution in [0.3, 0.4) is 0 Å². The van der Waals surface area contributed by atoms with Gasteiger partial charge in [0.1, 0.15) is 0 Å². The lowest BCUT2D eigenvalue weighted by Gasteiger charge is -2.28. The number of hydrogen-bond donors (Lipinski definition) is 2. The van der Waals surface area contributed by atoms with Crippen LogP contribution in [0.4, 0.5) is 5.95 Å². The van der Waals surface area contributed by atoms with Gasteiger partial charge in [-0.1, -0.05) is 20.3 Å². The highest BCUT2D eigenvalue weighted by Crippen LogP contribution is 2.46. The molecule has 1 fully saturated rings. The van der Waals surface area contributed by atoms with Gasteiger partial charge in [0.2, 0.25) is 5.95 Å². The second-order valence-corrected chi connectivity index (χ2v) is 5.04. The smallest absolute Gasteiger partial charge is 0.220 e. The minimum Gasteiger partial charge on any atom is -0.368 e. The van der Waals surface area contributed by atoms with Gasteiger partial charge in [-0.2, -0.15) is 0 Å². The Kier molecular flexibility index (Phi) is 2.14. The number of anilines is 1. The van der Waals surface area contributed by atoms with E-state index in [1.807, 2.05) is 4.57 Å². The average molecular weight is 212 g/mol. The fourth-order valence-corrected chi connectivity index (χ4v) is 2.67. The standard InChI is InChI=1S/C9H16N4S/c1-9(2)5-3-4-6(9)13-7(10)11-12-8(13)14/h6H,3-5H2,1-2H3,(H2,10,11)(H,12,14). The van der Waals surface area contributed by atoms with Gasteiger partial charge in [-0.25, -0.2) is 5.10 Å². The lowest BCUT2D eigenvalue weighted by Crippen LogP contribution is -2.22. The van der Waals surface area contributed by atoms with Crippen molar-refractivity contribution >= 4 is 18.2 Å². The first-order valence-corrected chi connectivity index (χ1v) is 5.35. The molecule has 0 amide bonds. The third kappa shape index (κ3) is 1.35. The Balaban J connectivity index is 2.45. The van der Waals surface area contributed by atoms with E-state index >= 15 is 0 Å². The summed E-state index contributed by atoms with van der Waals surface area (Å²) in [7, 11) is 0. The van der Waals surface area contributed by atoms with E-state index in [9.17, 15) is 0 Å². The summed E-state index contributed by atoms with van der Waals surface area (Å²) in [5.74, 6) is 0.509. The summed E-state index contributed by atoms with van der Waals surface area (Å²) in [5.41, 5.74) is 6.07. The molecule has 1 atom stereocenters. The Morgan fingerprint density at radius 2 is 2.36 bits per heavy atom. The van der Waals surface area contributed by atoms with Gasteiger partial charge < -0.3 is 5.73 Å². The molecule has 0 radical (unpaired) electrons. The highest BCUT2D eigenvalue weighted by Gasteiger charge is 2.37. The molecule has 4 nitrogen and oxygen atoms in total. The zero-order valence-corrected chi connectivity index (χ0v) is 9.40. The molecule has 1 aliphatic carbocycles. The zero-order chi connectivity index (χ0) is 10.3. The highest BCUT2D eigenvalue weighted by atomic mass is 32.1. The largest absolute Gasteiger partial charge is 0.368 e. The van der Waals surface area contributed by atoms with Crippen molar-refractivity contribution in [2.75, 3.05) is 5.73 Å². The quantitative estimate of drug-likeness (QED) is 0.702. The molecule has 1 aromatic heterocycles. The number of aromatic amines is 1. The maximum atomic E-state index is 5.80. The first-order chi connectivity index (χ1) is 6.52. The minimum absolute atomic E-state index is 0.274. The van der Waals surface area contributed by atoms with Gasteiger partial charge in [0, 0.05) is 6.04 Å². The van der Waals surface area contributed by atoms with Gasteiger partial charge in [-0.05, 0) is 30.5 Å². The summed E-state index contributed by atoms with van der Waals surface area (Å²) in [5, 5.41) is 6.69. The molecule has 5 heteroatoms. The van der Waals surface area contributed by atoms with Crippen molar-refractivity contribution < 1.29 is 0 Å². The van der Waals surface area contributed by atoms with Crippen LogP contribution in [0.25, 0.3) is 0 Å². The summed E-state index contributed by atoms with van der Waals surface area (Å²) in [6.07, 6.45) is 3.61. The predicted octanol–water partition coefficient (Wildman–Crippen LogP) is 2.27. The molecule has 14 heavy (non-hydrogen) atoms. The van der Waals surface area contributed by atoms with Gasteiger partial charge in [-0.15, -0.1) is 5.10 Å². The number of H-pyrrole nitrogens is 1. The van der Waals surface area contributed by atoms with Crippen molar-refractivity contribution in [3.8, 4) is 0 Å². The number of nitrogens with one attached hydrogen (secondary N) is 1. The van der Waals surface area contributed by atoms with E-state index in [2.05, 4.69) is 24.0 Å². The molecule has 1 heterocycles. The fraction of sp³-hybridized carbons (Fsp3) is 0.778. The maximum Gasteiger partial charge on any atom is 0.220 e. The minimum atomic E-state index is 0.274. The number of aromatic nitrogens is 3. The van der Waals surface area contributed by atoms with Gasteiger partial charge in [0.25, 0.3) is 0 Å². The molecular formula is C9H16N4S. The second kappa shape index (κ2) is 3.08. The lowest BCUT2D eigenvalue weighted by atomic mass is 9.87. The van der Waals surface area contributed by atoms with Crippen LogP contribution in [0.15, 0.2) is 0 Å². The van der Waals surface area contributed by atoms with E-state index in [4.69, 9.17) is 18.0 Å². The normalized spacial score (nSPS) is 25.4. The predicted molar refractivity (Wildman–Crippen MR) is 58.5 cm³/mol. The lowest BCUT2D eigenvalue weighted by molar-refractivity contribution is 0.261. The van der Waals surface area contributed by atoms with Gasteiger partial charge >= 0.3 is 0 Å². The molecule has 0 aliphatic heterocycles. The molecular weight excluding hydrogens is 196 g/mol. The number of hydrogen-bond acceptors (Lipinski definition) is 3. The maximum absolute atomic E-state index is 5.80. The van der Waals surface area contributed by atoms with Crippen molar-refractivity contribution in [1.29, 1.82) is 0 Å². The molecule has 78 valence electrons. The van der Waals surface area contributed by atoms with E-state index in [-0.39, 0.29) is 5.41 Å². The summed E-state index contributed by atoms with van der Waals surface area (Å²) in [6.45, 7) is 4.53. The third-order valence-electron chi connectivity index (χ3n) is 3.24. The molecule has 1 aromatic rings. The van der Waals surface area contributed by atoms with E-state index in [0.29, 0.717) is 16.8 Å². The molecule has 1 unspecified atom stereocenters. The zero-order valence-electron chi connectivity index (χ0n) is 8.58.